The molecule has 2 aliphatic heterocycles. The number of anilines is 1. The number of hydrogen-bond acceptors (Lipinski definition) is 4. The maximum atomic E-state index is 11.7. The number of piperidine rings is 1. The van der Waals surface area contributed by atoms with Crippen LogP contribution in [0.25, 0.3) is 0 Å². The van der Waals surface area contributed by atoms with Crippen molar-refractivity contribution >= 4 is 11.7 Å². The van der Waals surface area contributed by atoms with Crippen LogP contribution in [-0.4, -0.2) is 48.5 Å². The summed E-state index contributed by atoms with van der Waals surface area (Å²) in [7, 11) is 0. The highest BCUT2D eigenvalue weighted by Gasteiger charge is 2.42. The lowest BCUT2D eigenvalue weighted by Gasteiger charge is -2.42. The van der Waals surface area contributed by atoms with Gasteiger partial charge in [-0.15, -0.1) is 0 Å². The summed E-state index contributed by atoms with van der Waals surface area (Å²) in [5.74, 6) is 0.367. The van der Waals surface area contributed by atoms with E-state index in [1.807, 2.05) is 0 Å². The number of hydrogen-bond donors (Lipinski definition) is 1. The molecule has 1 atom stereocenters. The van der Waals surface area contributed by atoms with Gasteiger partial charge in [0.05, 0.1) is 5.56 Å². The molecule has 2 aliphatic rings. The van der Waals surface area contributed by atoms with E-state index in [0.29, 0.717) is 16.4 Å². The fourth-order valence-electron chi connectivity index (χ4n) is 4.41. The van der Waals surface area contributed by atoms with Gasteiger partial charge >= 0.3 is 0 Å². The molecule has 1 amide bonds. The van der Waals surface area contributed by atoms with Crippen LogP contribution in [-0.2, 0) is 0 Å². The second-order valence-electron chi connectivity index (χ2n) is 8.79. The van der Waals surface area contributed by atoms with Crippen LogP contribution in [0.2, 0.25) is 0 Å². The summed E-state index contributed by atoms with van der Waals surface area (Å²) in [4.78, 5) is 21.0. The van der Waals surface area contributed by atoms with Crippen LogP contribution in [0.1, 0.15) is 50.4 Å². The monoisotopic (exact) mass is 330 g/mol. The highest BCUT2D eigenvalue weighted by atomic mass is 16.1. The van der Waals surface area contributed by atoms with Crippen LogP contribution < -0.4 is 10.6 Å². The van der Waals surface area contributed by atoms with Gasteiger partial charge in [-0.2, -0.15) is 0 Å². The van der Waals surface area contributed by atoms with E-state index in [0.717, 1.165) is 32.0 Å². The molecule has 0 radical (unpaired) electrons. The molecule has 1 unspecified atom stereocenters. The van der Waals surface area contributed by atoms with Gasteiger partial charge in [0.1, 0.15) is 5.82 Å². The summed E-state index contributed by atoms with van der Waals surface area (Å²) in [6.07, 6.45) is 5.44. The number of carbonyl (C=O) groups is 1. The first-order valence-corrected chi connectivity index (χ1v) is 9.00. The van der Waals surface area contributed by atoms with Crippen molar-refractivity contribution in [3.05, 3.63) is 23.9 Å². The molecular formula is C19H30N4O. The number of nitrogens with two attached hydrogens (primary N) is 1. The molecule has 2 saturated heterocycles. The van der Waals surface area contributed by atoms with Crippen LogP contribution in [0.4, 0.5) is 5.82 Å². The molecular weight excluding hydrogens is 300 g/mol. The van der Waals surface area contributed by atoms with E-state index in [1.165, 1.54) is 25.8 Å². The number of carbonyl (C=O) groups excluding carboxylic acids is 1. The molecule has 2 fully saturated rings. The lowest BCUT2D eigenvalue weighted by Crippen LogP contribution is -2.47. The van der Waals surface area contributed by atoms with E-state index in [-0.39, 0.29) is 0 Å². The van der Waals surface area contributed by atoms with E-state index < -0.39 is 5.91 Å². The molecule has 3 heterocycles. The highest BCUT2D eigenvalue weighted by Crippen LogP contribution is 2.41. The lowest BCUT2D eigenvalue weighted by atomic mass is 9.78. The van der Waals surface area contributed by atoms with Gasteiger partial charge in [0.25, 0.3) is 5.91 Å². The number of primary amides is 1. The second kappa shape index (κ2) is 6.36. The lowest BCUT2D eigenvalue weighted by molar-refractivity contribution is 0.0767. The van der Waals surface area contributed by atoms with Crippen molar-refractivity contribution in [1.29, 1.82) is 0 Å². The van der Waals surface area contributed by atoms with Crippen molar-refractivity contribution in [3.8, 4) is 0 Å². The van der Waals surface area contributed by atoms with Gasteiger partial charge < -0.3 is 15.5 Å². The quantitative estimate of drug-likeness (QED) is 0.925. The Morgan fingerprint density at radius 2 is 2.08 bits per heavy atom. The van der Waals surface area contributed by atoms with E-state index in [4.69, 9.17) is 5.73 Å². The Labute approximate surface area is 145 Å². The molecule has 132 valence electrons. The molecule has 3 rings (SSSR count). The minimum Gasteiger partial charge on any atom is -0.365 e. The maximum absolute atomic E-state index is 11.7. The van der Waals surface area contributed by atoms with Gasteiger partial charge in [0.2, 0.25) is 0 Å². The van der Waals surface area contributed by atoms with Gasteiger partial charge in [0.15, 0.2) is 0 Å². The molecule has 5 heteroatoms. The Hall–Kier alpha value is -1.62. The van der Waals surface area contributed by atoms with Gasteiger partial charge in [0, 0.05) is 37.8 Å². The molecule has 24 heavy (non-hydrogen) atoms. The summed E-state index contributed by atoms with van der Waals surface area (Å²) in [6, 6.07) is 3.56. The highest BCUT2D eigenvalue weighted by molar-refractivity contribution is 5.97. The van der Waals surface area contributed by atoms with Gasteiger partial charge in [-0.05, 0) is 43.4 Å². The Bertz CT molecular complexity index is 610. The van der Waals surface area contributed by atoms with Crippen LogP contribution in [0.3, 0.4) is 0 Å². The first kappa shape index (κ1) is 17.2. The molecule has 2 N–H and O–H groups in total. The topological polar surface area (TPSA) is 62.5 Å². The minimum absolute atomic E-state index is 0.329. The Morgan fingerprint density at radius 3 is 2.79 bits per heavy atom. The summed E-state index contributed by atoms with van der Waals surface area (Å²) >= 11 is 0. The third-order valence-corrected chi connectivity index (χ3v) is 5.23. The summed E-state index contributed by atoms with van der Waals surface area (Å²) < 4.78 is 0. The standard InChI is InChI=1S/C19H30N4O/c1-18(2,3)12-22-10-5-7-19(13-22)8-11-23(14-19)17-15(16(20)24)6-4-9-21-17/h4,6,9H,5,7-8,10-14H2,1-3H3,(H2,20,24). The SMILES string of the molecule is CC(C)(C)CN1CCCC2(CCN(c3ncccc3C(N)=O)C2)C1. The van der Waals surface area contributed by atoms with Crippen LogP contribution in [0.15, 0.2) is 18.3 Å². The average molecular weight is 330 g/mol. The third kappa shape index (κ3) is 3.72. The Balaban J connectivity index is 1.74. The second-order valence-corrected chi connectivity index (χ2v) is 8.79. The number of pyridine rings is 1. The van der Waals surface area contributed by atoms with E-state index in [9.17, 15) is 4.79 Å². The smallest absolute Gasteiger partial charge is 0.252 e. The average Bonchev–Trinajstić information content (AvgIpc) is 2.89. The van der Waals surface area contributed by atoms with Crippen molar-refractivity contribution in [2.24, 2.45) is 16.6 Å². The van der Waals surface area contributed by atoms with Crippen LogP contribution in [0.5, 0.6) is 0 Å². The van der Waals surface area contributed by atoms with Crippen molar-refractivity contribution in [2.45, 2.75) is 40.0 Å². The van der Waals surface area contributed by atoms with E-state index >= 15 is 0 Å². The predicted molar refractivity (Wildman–Crippen MR) is 97.1 cm³/mol. The molecule has 0 aromatic carbocycles. The molecule has 5 nitrogen and oxygen atoms in total. The molecule has 0 saturated carbocycles. The minimum atomic E-state index is -0.392. The van der Waals surface area contributed by atoms with Crippen molar-refractivity contribution in [1.82, 2.24) is 9.88 Å². The van der Waals surface area contributed by atoms with Crippen LogP contribution >= 0.6 is 0 Å². The Kier molecular flexibility index (Phi) is 4.56. The largest absolute Gasteiger partial charge is 0.365 e. The number of rotatable bonds is 3. The van der Waals surface area contributed by atoms with Gasteiger partial charge in [-0.25, -0.2) is 4.98 Å². The van der Waals surface area contributed by atoms with E-state index in [2.05, 4.69) is 35.6 Å². The van der Waals surface area contributed by atoms with E-state index in [1.54, 1.807) is 18.3 Å². The first-order valence-electron chi connectivity index (χ1n) is 9.00. The fraction of sp³-hybridized carbons (Fsp3) is 0.684. The summed E-state index contributed by atoms with van der Waals surface area (Å²) in [6.45, 7) is 12.4. The molecule has 0 aliphatic carbocycles. The van der Waals surface area contributed by atoms with Crippen molar-refractivity contribution < 1.29 is 4.79 Å². The molecule has 1 aromatic heterocycles. The zero-order valence-corrected chi connectivity index (χ0v) is 15.2. The fourth-order valence-corrected chi connectivity index (χ4v) is 4.41. The predicted octanol–water partition coefficient (Wildman–Crippen LogP) is 2.52. The molecule has 1 aromatic rings. The zero-order chi connectivity index (χ0) is 17.4. The van der Waals surface area contributed by atoms with Gasteiger partial charge in [-0.1, -0.05) is 20.8 Å². The zero-order valence-electron chi connectivity index (χ0n) is 15.2. The summed E-state index contributed by atoms with van der Waals surface area (Å²) in [5.41, 5.74) is 6.73. The van der Waals surface area contributed by atoms with Crippen molar-refractivity contribution in [3.63, 3.8) is 0 Å². The number of nitrogens with zero attached hydrogens (tertiary/aromatic N) is 3. The Morgan fingerprint density at radius 1 is 1.29 bits per heavy atom. The number of aromatic nitrogens is 1. The molecule has 0 bridgehead atoms. The molecule has 1 spiro atoms. The number of likely N-dealkylation sites (tertiary alicyclic amines) is 1. The van der Waals surface area contributed by atoms with Crippen LogP contribution in [0, 0.1) is 10.8 Å². The third-order valence-electron chi connectivity index (χ3n) is 5.23. The van der Waals surface area contributed by atoms with Gasteiger partial charge in [-0.3, -0.25) is 4.79 Å². The van der Waals surface area contributed by atoms with Crippen molar-refractivity contribution in [2.75, 3.05) is 37.6 Å². The summed E-state index contributed by atoms with van der Waals surface area (Å²) in [5, 5.41) is 0. The number of amides is 1. The first-order chi connectivity index (χ1) is 11.3. The normalized spacial score (nSPS) is 25.4. The maximum Gasteiger partial charge on any atom is 0.252 e.